The third-order valence-electron chi connectivity index (χ3n) is 4.26. The summed E-state index contributed by atoms with van der Waals surface area (Å²) in [5.41, 5.74) is 2.22. The van der Waals surface area contributed by atoms with Crippen LogP contribution in [0.4, 0.5) is 11.4 Å². The van der Waals surface area contributed by atoms with Crippen LogP contribution in [0.1, 0.15) is 28.8 Å². The van der Waals surface area contributed by atoms with Crippen molar-refractivity contribution in [1.82, 2.24) is 0 Å². The lowest BCUT2D eigenvalue weighted by molar-refractivity contribution is 0.0681. The van der Waals surface area contributed by atoms with E-state index >= 15 is 0 Å². The Balaban J connectivity index is 1.73. The summed E-state index contributed by atoms with van der Waals surface area (Å²) in [4.78, 5) is 12.7. The summed E-state index contributed by atoms with van der Waals surface area (Å²) < 4.78 is 36.6. The standard InChI is InChI=1S/C20H24N2O5S/c1-14-8-9-18(19(11-14)27-13-17-7-4-10-26-17)21-20(23)15-5-3-6-16(12-15)22-28(2,24)25/h3,5-6,8-9,11-12,17,22H,4,7,10,13H2,1-2H3,(H,21,23). The van der Waals surface area contributed by atoms with Crippen LogP contribution in [0.5, 0.6) is 5.75 Å². The van der Waals surface area contributed by atoms with E-state index in [4.69, 9.17) is 9.47 Å². The number of amides is 1. The molecule has 0 aliphatic carbocycles. The smallest absolute Gasteiger partial charge is 0.255 e. The van der Waals surface area contributed by atoms with Crippen molar-refractivity contribution in [2.45, 2.75) is 25.9 Å². The third-order valence-corrected chi connectivity index (χ3v) is 4.87. The molecule has 3 rings (SSSR count). The Morgan fingerprint density at radius 1 is 1.25 bits per heavy atom. The number of rotatable bonds is 7. The molecule has 2 aromatic carbocycles. The lowest BCUT2D eigenvalue weighted by Crippen LogP contribution is -2.18. The van der Waals surface area contributed by atoms with Gasteiger partial charge in [-0.3, -0.25) is 9.52 Å². The molecule has 2 N–H and O–H groups in total. The lowest BCUT2D eigenvalue weighted by atomic mass is 10.1. The summed E-state index contributed by atoms with van der Waals surface area (Å²) in [5.74, 6) is 0.220. The highest BCUT2D eigenvalue weighted by atomic mass is 32.2. The average Bonchev–Trinajstić information content (AvgIpc) is 3.14. The molecule has 1 aliphatic rings. The first-order chi connectivity index (χ1) is 13.3. The molecule has 1 aliphatic heterocycles. The molecule has 0 radical (unpaired) electrons. The van der Waals surface area contributed by atoms with Gasteiger partial charge in [0.05, 0.1) is 18.0 Å². The fourth-order valence-corrected chi connectivity index (χ4v) is 3.50. The van der Waals surface area contributed by atoms with Crippen molar-refractivity contribution < 1.29 is 22.7 Å². The Labute approximate surface area is 165 Å². The highest BCUT2D eigenvalue weighted by Gasteiger charge is 2.18. The van der Waals surface area contributed by atoms with Crippen molar-refractivity contribution in [1.29, 1.82) is 0 Å². The number of hydrogen-bond acceptors (Lipinski definition) is 5. The van der Waals surface area contributed by atoms with Crippen LogP contribution < -0.4 is 14.8 Å². The Morgan fingerprint density at radius 2 is 2.07 bits per heavy atom. The van der Waals surface area contributed by atoms with Gasteiger partial charge in [0.1, 0.15) is 12.4 Å². The molecule has 150 valence electrons. The van der Waals surface area contributed by atoms with Gasteiger partial charge in [-0.25, -0.2) is 8.42 Å². The summed E-state index contributed by atoms with van der Waals surface area (Å²) in [6.07, 6.45) is 3.13. The molecule has 1 amide bonds. The number of hydrogen-bond donors (Lipinski definition) is 2. The summed E-state index contributed by atoms with van der Waals surface area (Å²) >= 11 is 0. The fraction of sp³-hybridized carbons (Fsp3) is 0.350. The normalized spacial score (nSPS) is 16.6. The van der Waals surface area contributed by atoms with E-state index in [1.165, 1.54) is 6.07 Å². The van der Waals surface area contributed by atoms with Gasteiger partial charge in [0.15, 0.2) is 0 Å². The third kappa shape index (κ3) is 5.71. The van der Waals surface area contributed by atoms with Crippen LogP contribution in [0.25, 0.3) is 0 Å². The monoisotopic (exact) mass is 404 g/mol. The van der Waals surface area contributed by atoms with Crippen LogP contribution in [0.2, 0.25) is 0 Å². The van der Waals surface area contributed by atoms with E-state index in [2.05, 4.69) is 10.0 Å². The molecule has 1 fully saturated rings. The van der Waals surface area contributed by atoms with E-state index in [1.54, 1.807) is 24.3 Å². The van der Waals surface area contributed by atoms with Crippen LogP contribution in [-0.2, 0) is 14.8 Å². The Hall–Kier alpha value is -2.58. The van der Waals surface area contributed by atoms with Crippen LogP contribution in [0, 0.1) is 6.92 Å². The molecule has 0 bridgehead atoms. The first kappa shape index (κ1) is 20.2. The van der Waals surface area contributed by atoms with Gasteiger partial charge in [-0.1, -0.05) is 12.1 Å². The number of sulfonamides is 1. The molecule has 7 nitrogen and oxygen atoms in total. The van der Waals surface area contributed by atoms with Crippen LogP contribution >= 0.6 is 0 Å². The maximum atomic E-state index is 12.7. The van der Waals surface area contributed by atoms with Gasteiger partial charge < -0.3 is 14.8 Å². The zero-order chi connectivity index (χ0) is 20.1. The molecular formula is C20H24N2O5S. The first-order valence-corrected chi connectivity index (χ1v) is 10.9. The van der Waals surface area contributed by atoms with Gasteiger partial charge in [-0.2, -0.15) is 0 Å². The van der Waals surface area contributed by atoms with Crippen molar-refractivity contribution in [3.63, 3.8) is 0 Å². The number of benzene rings is 2. The fourth-order valence-electron chi connectivity index (χ4n) is 2.94. The number of nitrogens with one attached hydrogen (secondary N) is 2. The van der Waals surface area contributed by atoms with Crippen molar-refractivity contribution in [2.75, 3.05) is 29.5 Å². The first-order valence-electron chi connectivity index (χ1n) is 9.04. The van der Waals surface area contributed by atoms with Gasteiger partial charge in [-0.15, -0.1) is 0 Å². The minimum Gasteiger partial charge on any atom is -0.489 e. The predicted molar refractivity (Wildman–Crippen MR) is 109 cm³/mol. The average molecular weight is 404 g/mol. The molecular weight excluding hydrogens is 380 g/mol. The van der Waals surface area contributed by atoms with Gasteiger partial charge in [0.2, 0.25) is 10.0 Å². The lowest BCUT2D eigenvalue weighted by Gasteiger charge is -2.16. The molecule has 8 heteroatoms. The molecule has 1 heterocycles. The highest BCUT2D eigenvalue weighted by molar-refractivity contribution is 7.92. The summed E-state index contributed by atoms with van der Waals surface area (Å²) in [6, 6.07) is 11.8. The minimum atomic E-state index is -3.42. The SMILES string of the molecule is Cc1ccc(NC(=O)c2cccc(NS(C)(=O)=O)c2)c(OCC2CCCO2)c1. The number of carbonyl (C=O) groups is 1. The molecule has 2 aromatic rings. The largest absolute Gasteiger partial charge is 0.489 e. The van der Waals surface area contributed by atoms with Crippen molar-refractivity contribution in [3.8, 4) is 5.75 Å². The minimum absolute atomic E-state index is 0.0720. The number of ether oxygens (including phenoxy) is 2. The topological polar surface area (TPSA) is 93.7 Å². The predicted octanol–water partition coefficient (Wildman–Crippen LogP) is 3.18. The number of aryl methyl sites for hydroxylation is 1. The van der Waals surface area contributed by atoms with Crippen molar-refractivity contribution in [2.24, 2.45) is 0 Å². The quantitative estimate of drug-likeness (QED) is 0.739. The van der Waals surface area contributed by atoms with E-state index in [0.29, 0.717) is 29.3 Å². The zero-order valence-electron chi connectivity index (χ0n) is 15.9. The van der Waals surface area contributed by atoms with Gasteiger partial charge in [-0.05, 0) is 55.7 Å². The van der Waals surface area contributed by atoms with E-state index in [1.807, 2.05) is 19.1 Å². The van der Waals surface area contributed by atoms with Gasteiger partial charge in [0.25, 0.3) is 5.91 Å². The summed E-state index contributed by atoms with van der Waals surface area (Å²) in [5, 5.41) is 2.84. The molecule has 1 saturated heterocycles. The van der Waals surface area contributed by atoms with E-state index < -0.39 is 10.0 Å². The molecule has 1 atom stereocenters. The number of carbonyl (C=O) groups excluding carboxylic acids is 1. The van der Waals surface area contributed by atoms with Gasteiger partial charge >= 0.3 is 0 Å². The molecule has 0 spiro atoms. The summed E-state index contributed by atoms with van der Waals surface area (Å²) in [6.45, 7) is 3.13. The van der Waals surface area contributed by atoms with Crippen LogP contribution in [0.15, 0.2) is 42.5 Å². The molecule has 0 aromatic heterocycles. The van der Waals surface area contributed by atoms with Crippen molar-refractivity contribution in [3.05, 3.63) is 53.6 Å². The van der Waals surface area contributed by atoms with E-state index in [0.717, 1.165) is 31.3 Å². The van der Waals surface area contributed by atoms with Crippen LogP contribution in [0.3, 0.4) is 0 Å². The highest BCUT2D eigenvalue weighted by Crippen LogP contribution is 2.27. The zero-order valence-corrected chi connectivity index (χ0v) is 16.7. The van der Waals surface area contributed by atoms with Crippen molar-refractivity contribution >= 4 is 27.3 Å². The second-order valence-corrected chi connectivity index (χ2v) is 8.60. The van der Waals surface area contributed by atoms with E-state index in [-0.39, 0.29) is 12.0 Å². The maximum Gasteiger partial charge on any atom is 0.255 e. The summed E-state index contributed by atoms with van der Waals surface area (Å²) in [7, 11) is -3.42. The molecule has 1 unspecified atom stereocenters. The van der Waals surface area contributed by atoms with E-state index in [9.17, 15) is 13.2 Å². The Morgan fingerprint density at radius 3 is 2.79 bits per heavy atom. The maximum absolute atomic E-state index is 12.7. The second-order valence-electron chi connectivity index (χ2n) is 6.85. The Kier molecular flexibility index (Phi) is 6.21. The molecule has 28 heavy (non-hydrogen) atoms. The Bertz CT molecular complexity index is 953. The number of anilines is 2. The van der Waals surface area contributed by atoms with Gasteiger partial charge in [0, 0.05) is 17.9 Å². The molecule has 0 saturated carbocycles. The van der Waals surface area contributed by atoms with Crippen LogP contribution in [-0.4, -0.2) is 39.9 Å². The second kappa shape index (κ2) is 8.62.